The van der Waals surface area contributed by atoms with Crippen LogP contribution >= 0.6 is 0 Å². The number of alkyl halides is 3. The fourth-order valence-corrected chi connectivity index (χ4v) is 1.24. The second kappa shape index (κ2) is 5.29. The van der Waals surface area contributed by atoms with Crippen molar-refractivity contribution >= 4 is 5.78 Å². The number of Topliss-reactive ketones (excluding diaryl/α,β-unsaturated/α-hetero) is 1. The molecule has 0 N–H and O–H groups in total. The van der Waals surface area contributed by atoms with Gasteiger partial charge in [0.2, 0.25) is 11.7 Å². The largest absolute Gasteiger partial charge is 0.450 e. The number of nitrogens with zero attached hydrogens (tertiary/aromatic N) is 2. The van der Waals surface area contributed by atoms with E-state index in [1.807, 2.05) is 6.92 Å². The van der Waals surface area contributed by atoms with E-state index < -0.39 is 17.9 Å². The lowest BCUT2D eigenvalue weighted by Crippen LogP contribution is -2.27. The van der Waals surface area contributed by atoms with Crippen LogP contribution < -0.4 is 0 Å². The van der Waals surface area contributed by atoms with E-state index in [0.717, 1.165) is 19.8 Å². The SMILES string of the molecule is CCCCc1noc(C(C)C(=O)C(F)(F)F)n1. The first-order valence-electron chi connectivity index (χ1n) is 5.29. The summed E-state index contributed by atoms with van der Waals surface area (Å²) in [5, 5.41) is 3.53. The second-order valence-electron chi connectivity index (χ2n) is 3.74. The molecule has 0 aromatic carbocycles. The molecule has 0 saturated carbocycles. The molecular formula is C10H13F3N2O2. The minimum absolute atomic E-state index is 0.279. The van der Waals surface area contributed by atoms with E-state index in [1.165, 1.54) is 0 Å². The molecule has 0 fully saturated rings. The average Bonchev–Trinajstić information content (AvgIpc) is 2.71. The summed E-state index contributed by atoms with van der Waals surface area (Å²) in [6, 6.07) is 0. The summed E-state index contributed by atoms with van der Waals surface area (Å²) in [6.07, 6.45) is -2.61. The van der Waals surface area contributed by atoms with Crippen molar-refractivity contribution in [3.05, 3.63) is 11.7 Å². The summed E-state index contributed by atoms with van der Waals surface area (Å²) in [4.78, 5) is 14.7. The van der Waals surface area contributed by atoms with Gasteiger partial charge in [0.25, 0.3) is 0 Å². The Kier molecular flexibility index (Phi) is 4.25. The fourth-order valence-electron chi connectivity index (χ4n) is 1.24. The summed E-state index contributed by atoms with van der Waals surface area (Å²) < 4.78 is 41.1. The number of aromatic nitrogens is 2. The summed E-state index contributed by atoms with van der Waals surface area (Å²) in [5.74, 6) is -3.26. The monoisotopic (exact) mass is 250 g/mol. The molecule has 96 valence electrons. The first-order chi connectivity index (χ1) is 7.86. The van der Waals surface area contributed by atoms with E-state index in [2.05, 4.69) is 14.7 Å². The smallest absolute Gasteiger partial charge is 0.339 e. The predicted octanol–water partition coefficient (Wildman–Crippen LogP) is 2.65. The zero-order chi connectivity index (χ0) is 13.1. The van der Waals surface area contributed by atoms with Crippen LogP contribution in [-0.4, -0.2) is 22.1 Å². The van der Waals surface area contributed by atoms with Crippen LogP contribution in [0.1, 0.15) is 44.3 Å². The van der Waals surface area contributed by atoms with Crippen molar-refractivity contribution in [2.24, 2.45) is 0 Å². The van der Waals surface area contributed by atoms with Crippen molar-refractivity contribution in [1.29, 1.82) is 0 Å². The average molecular weight is 250 g/mol. The van der Waals surface area contributed by atoms with Gasteiger partial charge in [0, 0.05) is 6.42 Å². The maximum atomic E-state index is 12.2. The number of carbonyl (C=O) groups is 1. The van der Waals surface area contributed by atoms with Crippen molar-refractivity contribution < 1.29 is 22.5 Å². The molecule has 1 aromatic rings. The molecule has 0 spiro atoms. The zero-order valence-electron chi connectivity index (χ0n) is 9.54. The molecule has 0 radical (unpaired) electrons. The van der Waals surface area contributed by atoms with Gasteiger partial charge in [0.15, 0.2) is 5.82 Å². The van der Waals surface area contributed by atoms with Crippen molar-refractivity contribution in [2.45, 2.75) is 45.2 Å². The normalized spacial score (nSPS) is 13.7. The Hall–Kier alpha value is -1.40. The summed E-state index contributed by atoms with van der Waals surface area (Å²) >= 11 is 0. The molecule has 1 atom stereocenters. The van der Waals surface area contributed by atoms with Crippen LogP contribution in [0.5, 0.6) is 0 Å². The van der Waals surface area contributed by atoms with Gasteiger partial charge in [-0.25, -0.2) is 0 Å². The molecule has 1 rings (SSSR count). The van der Waals surface area contributed by atoms with Crippen LogP contribution in [-0.2, 0) is 11.2 Å². The van der Waals surface area contributed by atoms with E-state index in [4.69, 9.17) is 0 Å². The maximum Gasteiger partial charge on any atom is 0.450 e. The van der Waals surface area contributed by atoms with Gasteiger partial charge in [-0.05, 0) is 13.3 Å². The summed E-state index contributed by atoms with van der Waals surface area (Å²) in [7, 11) is 0. The topological polar surface area (TPSA) is 56.0 Å². The van der Waals surface area contributed by atoms with Crippen LogP contribution in [0.3, 0.4) is 0 Å². The molecule has 7 heteroatoms. The number of hydrogen-bond acceptors (Lipinski definition) is 4. The van der Waals surface area contributed by atoms with Crippen LogP contribution in [0.4, 0.5) is 13.2 Å². The van der Waals surface area contributed by atoms with Crippen LogP contribution in [0.25, 0.3) is 0 Å². The lowest BCUT2D eigenvalue weighted by Gasteiger charge is -2.08. The summed E-state index contributed by atoms with van der Waals surface area (Å²) in [6.45, 7) is 3.07. The predicted molar refractivity (Wildman–Crippen MR) is 52.4 cm³/mol. The molecular weight excluding hydrogens is 237 g/mol. The Morgan fingerprint density at radius 2 is 2.12 bits per heavy atom. The van der Waals surface area contributed by atoms with Gasteiger partial charge < -0.3 is 4.52 Å². The Labute approximate surface area is 96.2 Å². The highest BCUT2D eigenvalue weighted by atomic mass is 19.4. The lowest BCUT2D eigenvalue weighted by atomic mass is 10.1. The minimum Gasteiger partial charge on any atom is -0.339 e. The lowest BCUT2D eigenvalue weighted by molar-refractivity contribution is -0.172. The highest BCUT2D eigenvalue weighted by Gasteiger charge is 2.43. The van der Waals surface area contributed by atoms with Crippen molar-refractivity contribution in [3.8, 4) is 0 Å². The van der Waals surface area contributed by atoms with E-state index in [9.17, 15) is 18.0 Å². The van der Waals surface area contributed by atoms with Crippen LogP contribution in [0.15, 0.2) is 4.52 Å². The Balaban J connectivity index is 2.73. The molecule has 0 aliphatic rings. The number of ketones is 1. The highest BCUT2D eigenvalue weighted by molar-refractivity contribution is 5.89. The third kappa shape index (κ3) is 3.54. The van der Waals surface area contributed by atoms with E-state index in [-0.39, 0.29) is 5.89 Å². The molecule has 4 nitrogen and oxygen atoms in total. The number of aryl methyl sites for hydroxylation is 1. The van der Waals surface area contributed by atoms with Gasteiger partial charge in [0.05, 0.1) is 0 Å². The zero-order valence-corrected chi connectivity index (χ0v) is 9.54. The quantitative estimate of drug-likeness (QED) is 0.806. The molecule has 1 aromatic heterocycles. The third-order valence-electron chi connectivity index (χ3n) is 2.28. The van der Waals surface area contributed by atoms with Crippen molar-refractivity contribution in [2.75, 3.05) is 0 Å². The van der Waals surface area contributed by atoms with Crippen molar-refractivity contribution in [3.63, 3.8) is 0 Å². The van der Waals surface area contributed by atoms with E-state index in [0.29, 0.717) is 12.2 Å². The molecule has 0 saturated heterocycles. The maximum absolute atomic E-state index is 12.2. The molecule has 1 unspecified atom stereocenters. The van der Waals surface area contributed by atoms with Crippen LogP contribution in [0, 0.1) is 0 Å². The Morgan fingerprint density at radius 1 is 1.47 bits per heavy atom. The number of rotatable bonds is 5. The number of hydrogen-bond donors (Lipinski definition) is 0. The highest BCUT2D eigenvalue weighted by Crippen LogP contribution is 2.26. The third-order valence-corrected chi connectivity index (χ3v) is 2.28. The standard InChI is InChI=1S/C10H13F3N2O2/c1-3-4-5-7-14-9(17-15-7)6(2)8(16)10(11,12)13/h6H,3-5H2,1-2H3. The van der Waals surface area contributed by atoms with Gasteiger partial charge in [-0.1, -0.05) is 18.5 Å². The van der Waals surface area contributed by atoms with E-state index >= 15 is 0 Å². The molecule has 0 aliphatic heterocycles. The van der Waals surface area contributed by atoms with Gasteiger partial charge in [-0.3, -0.25) is 4.79 Å². The van der Waals surface area contributed by atoms with Gasteiger partial charge >= 0.3 is 6.18 Å². The van der Waals surface area contributed by atoms with Gasteiger partial charge in [-0.15, -0.1) is 0 Å². The minimum atomic E-state index is -4.88. The van der Waals surface area contributed by atoms with E-state index in [1.54, 1.807) is 0 Å². The van der Waals surface area contributed by atoms with Gasteiger partial charge in [0.1, 0.15) is 5.92 Å². The Morgan fingerprint density at radius 3 is 2.65 bits per heavy atom. The number of carbonyl (C=O) groups excluding carboxylic acids is 1. The molecule has 0 bridgehead atoms. The first-order valence-corrected chi connectivity index (χ1v) is 5.29. The fraction of sp³-hybridized carbons (Fsp3) is 0.700. The second-order valence-corrected chi connectivity index (χ2v) is 3.74. The number of unbranched alkanes of at least 4 members (excludes halogenated alkanes) is 1. The first kappa shape index (κ1) is 13.7. The molecule has 0 aliphatic carbocycles. The number of halogens is 3. The van der Waals surface area contributed by atoms with Crippen molar-refractivity contribution in [1.82, 2.24) is 10.1 Å². The van der Waals surface area contributed by atoms with Crippen LogP contribution in [0.2, 0.25) is 0 Å². The molecule has 17 heavy (non-hydrogen) atoms. The Bertz CT molecular complexity index is 387. The van der Waals surface area contributed by atoms with Gasteiger partial charge in [-0.2, -0.15) is 18.2 Å². The molecule has 0 amide bonds. The molecule has 1 heterocycles. The summed E-state index contributed by atoms with van der Waals surface area (Å²) in [5.41, 5.74) is 0.